The van der Waals surface area contributed by atoms with Crippen molar-refractivity contribution in [1.82, 2.24) is 9.97 Å². The number of nitrogens with two attached hydrogens (primary N) is 1. The highest BCUT2D eigenvalue weighted by molar-refractivity contribution is 14.1. The van der Waals surface area contributed by atoms with E-state index in [0.717, 1.165) is 0 Å². The molecule has 0 unspecified atom stereocenters. The van der Waals surface area contributed by atoms with Crippen LogP contribution < -0.4 is 5.73 Å². The van der Waals surface area contributed by atoms with Gasteiger partial charge in [-0.15, -0.1) is 0 Å². The quantitative estimate of drug-likeness (QED) is 0.711. The largest absolute Gasteiger partial charge is 0.381 e. The van der Waals surface area contributed by atoms with E-state index >= 15 is 0 Å². The second kappa shape index (κ2) is 2.66. The molecule has 0 bridgehead atoms. The first-order valence-electron chi connectivity index (χ1n) is 2.13. The number of rotatable bonds is 0. The van der Waals surface area contributed by atoms with E-state index in [0.29, 0.717) is 14.7 Å². The molecule has 1 heterocycles. The molecule has 0 atom stereocenters. The van der Waals surface area contributed by atoms with Crippen molar-refractivity contribution in [2.75, 3.05) is 5.73 Å². The first-order valence-corrected chi connectivity index (χ1v) is 3.59. The topological polar surface area (TPSA) is 51.8 Å². The maximum Gasteiger partial charge on any atom is 0.157 e. The van der Waals surface area contributed by atoms with Crippen molar-refractivity contribution < 1.29 is 0 Å². The van der Waals surface area contributed by atoms with Crippen molar-refractivity contribution in [3.05, 3.63) is 15.1 Å². The van der Waals surface area contributed by atoms with E-state index in [4.69, 9.17) is 17.3 Å². The Balaban J connectivity index is 3.17. The lowest BCUT2D eigenvalue weighted by Gasteiger charge is -1.93. The van der Waals surface area contributed by atoms with E-state index in [1.54, 1.807) is 0 Å². The summed E-state index contributed by atoms with van der Waals surface area (Å²) in [6, 6.07) is 0. The van der Waals surface area contributed by atoms with E-state index in [2.05, 4.69) is 9.97 Å². The molecule has 0 fully saturated rings. The Hall–Kier alpha value is -0.100. The second-order valence-corrected chi connectivity index (χ2v) is 2.78. The standard InChI is InChI=1S/C4H3ClIN3/c5-2-1-8-3(6)4(7)9-2/h1H,(H2,7,9). The second-order valence-electron chi connectivity index (χ2n) is 1.37. The molecule has 0 spiro atoms. The maximum atomic E-state index is 5.46. The number of anilines is 1. The van der Waals surface area contributed by atoms with Crippen LogP contribution in [0.1, 0.15) is 0 Å². The van der Waals surface area contributed by atoms with Gasteiger partial charge in [0.25, 0.3) is 0 Å². The van der Waals surface area contributed by atoms with E-state index in [9.17, 15) is 0 Å². The summed E-state index contributed by atoms with van der Waals surface area (Å²) >= 11 is 7.44. The predicted octanol–water partition coefficient (Wildman–Crippen LogP) is 1.32. The molecule has 0 aromatic carbocycles. The monoisotopic (exact) mass is 255 g/mol. The van der Waals surface area contributed by atoms with Gasteiger partial charge in [-0.3, -0.25) is 0 Å². The summed E-state index contributed by atoms with van der Waals surface area (Å²) in [6.07, 6.45) is 1.46. The van der Waals surface area contributed by atoms with Crippen molar-refractivity contribution in [1.29, 1.82) is 0 Å². The number of nitrogens with zero attached hydrogens (tertiary/aromatic N) is 2. The molecule has 5 heteroatoms. The lowest BCUT2D eigenvalue weighted by atomic mass is 10.7. The Labute approximate surface area is 70.8 Å². The summed E-state index contributed by atoms with van der Waals surface area (Å²) in [4.78, 5) is 7.59. The molecular weight excluding hydrogens is 252 g/mol. The minimum Gasteiger partial charge on any atom is -0.381 e. The van der Waals surface area contributed by atoms with E-state index in [1.807, 2.05) is 22.6 Å². The van der Waals surface area contributed by atoms with E-state index < -0.39 is 0 Å². The highest BCUT2D eigenvalue weighted by Gasteiger charge is 1.96. The normalized spacial score (nSPS) is 9.56. The van der Waals surface area contributed by atoms with Crippen LogP contribution in [0.25, 0.3) is 0 Å². The smallest absolute Gasteiger partial charge is 0.157 e. The van der Waals surface area contributed by atoms with Gasteiger partial charge < -0.3 is 5.73 Å². The fourth-order valence-electron chi connectivity index (χ4n) is 0.366. The van der Waals surface area contributed by atoms with Crippen LogP contribution in [0.2, 0.25) is 5.15 Å². The average Bonchev–Trinajstić information content (AvgIpc) is 1.80. The molecule has 1 rings (SSSR count). The Morgan fingerprint density at radius 3 is 2.78 bits per heavy atom. The summed E-state index contributed by atoms with van der Waals surface area (Å²) in [5.74, 6) is 0.378. The molecule has 1 aromatic heterocycles. The SMILES string of the molecule is Nc1nc(Cl)cnc1I. The van der Waals surface area contributed by atoms with Gasteiger partial charge in [0, 0.05) is 0 Å². The number of aromatic nitrogens is 2. The minimum atomic E-state index is 0.327. The summed E-state index contributed by atoms with van der Waals surface area (Å²) in [7, 11) is 0. The zero-order valence-corrected chi connectivity index (χ0v) is 7.22. The molecule has 0 saturated heterocycles. The van der Waals surface area contributed by atoms with Crippen LogP contribution in [0.3, 0.4) is 0 Å². The van der Waals surface area contributed by atoms with Crippen LogP contribution in [-0.4, -0.2) is 9.97 Å². The molecule has 2 N–H and O–H groups in total. The molecule has 48 valence electrons. The summed E-state index contributed by atoms with van der Waals surface area (Å²) in [6.45, 7) is 0. The van der Waals surface area contributed by atoms with E-state index in [-0.39, 0.29) is 0 Å². The van der Waals surface area contributed by atoms with Crippen LogP contribution >= 0.6 is 34.2 Å². The molecular formula is C4H3ClIN3. The van der Waals surface area contributed by atoms with Gasteiger partial charge in [-0.2, -0.15) is 0 Å². The Kier molecular flexibility index (Phi) is 2.07. The van der Waals surface area contributed by atoms with Gasteiger partial charge in [0.15, 0.2) is 5.82 Å². The molecule has 0 amide bonds. The average molecular weight is 255 g/mol. The van der Waals surface area contributed by atoms with Gasteiger partial charge in [-0.05, 0) is 22.6 Å². The third-order valence-corrected chi connectivity index (χ3v) is 1.74. The van der Waals surface area contributed by atoms with Crippen molar-refractivity contribution in [2.45, 2.75) is 0 Å². The molecule has 0 radical (unpaired) electrons. The third kappa shape index (κ3) is 1.65. The highest BCUT2D eigenvalue weighted by Crippen LogP contribution is 2.10. The molecule has 0 aliphatic heterocycles. The van der Waals surface area contributed by atoms with Gasteiger partial charge >= 0.3 is 0 Å². The fourth-order valence-corrected chi connectivity index (χ4v) is 0.766. The van der Waals surface area contributed by atoms with Gasteiger partial charge in [-0.1, -0.05) is 11.6 Å². The molecule has 0 saturated carbocycles. The fraction of sp³-hybridized carbons (Fsp3) is 0. The van der Waals surface area contributed by atoms with Gasteiger partial charge in [0.1, 0.15) is 8.85 Å². The van der Waals surface area contributed by atoms with Gasteiger partial charge in [-0.25, -0.2) is 9.97 Å². The van der Waals surface area contributed by atoms with Crippen molar-refractivity contribution in [3.63, 3.8) is 0 Å². The molecule has 0 aliphatic rings. The van der Waals surface area contributed by atoms with Crippen molar-refractivity contribution in [2.24, 2.45) is 0 Å². The zero-order valence-electron chi connectivity index (χ0n) is 4.31. The summed E-state index contributed by atoms with van der Waals surface area (Å²) in [5, 5.41) is 0.327. The van der Waals surface area contributed by atoms with Crippen molar-refractivity contribution >= 4 is 40.0 Å². The minimum absolute atomic E-state index is 0.327. The maximum absolute atomic E-state index is 5.46. The first-order chi connectivity index (χ1) is 4.20. The van der Waals surface area contributed by atoms with Gasteiger partial charge in [0.2, 0.25) is 0 Å². The van der Waals surface area contributed by atoms with Gasteiger partial charge in [0.05, 0.1) is 6.20 Å². The number of nitrogen functional groups attached to an aromatic ring is 1. The van der Waals surface area contributed by atoms with Crippen LogP contribution in [0.15, 0.2) is 6.20 Å². The molecule has 1 aromatic rings. The summed E-state index contributed by atoms with van der Waals surface area (Å²) in [5.41, 5.74) is 5.36. The number of halogens is 2. The van der Waals surface area contributed by atoms with Crippen LogP contribution in [0.4, 0.5) is 5.82 Å². The Morgan fingerprint density at radius 2 is 2.33 bits per heavy atom. The molecule has 3 nitrogen and oxygen atoms in total. The lowest BCUT2D eigenvalue weighted by Crippen LogP contribution is -1.95. The highest BCUT2D eigenvalue weighted by atomic mass is 127. The van der Waals surface area contributed by atoms with Crippen LogP contribution in [-0.2, 0) is 0 Å². The van der Waals surface area contributed by atoms with Crippen molar-refractivity contribution in [3.8, 4) is 0 Å². The lowest BCUT2D eigenvalue weighted by molar-refractivity contribution is 1.17. The van der Waals surface area contributed by atoms with Crippen LogP contribution in [0, 0.1) is 3.70 Å². The Bertz CT molecular complexity index is 227. The third-order valence-electron chi connectivity index (χ3n) is 0.723. The Morgan fingerprint density at radius 1 is 1.67 bits per heavy atom. The van der Waals surface area contributed by atoms with Crippen LogP contribution in [0.5, 0.6) is 0 Å². The number of hydrogen-bond acceptors (Lipinski definition) is 3. The predicted molar refractivity (Wildman–Crippen MR) is 44.2 cm³/mol. The summed E-state index contributed by atoms with van der Waals surface area (Å²) < 4.78 is 0.678. The zero-order chi connectivity index (χ0) is 6.85. The molecule has 9 heavy (non-hydrogen) atoms. The number of hydrogen-bond donors (Lipinski definition) is 1. The van der Waals surface area contributed by atoms with E-state index in [1.165, 1.54) is 6.20 Å². The molecule has 0 aliphatic carbocycles. The first kappa shape index (κ1) is 7.01.